The number of rotatable bonds is 4. The lowest BCUT2D eigenvalue weighted by atomic mass is 9.80. The lowest BCUT2D eigenvalue weighted by Crippen LogP contribution is -2.48. The fourth-order valence-corrected chi connectivity index (χ4v) is 5.03. The number of β-amino-alcohol motifs (C(OH)–C–C–N with tert-alkyl or cyclic N) is 1. The van der Waals surface area contributed by atoms with Crippen LogP contribution in [0.15, 0.2) is 12.4 Å². The Hall–Kier alpha value is -1.20. The van der Waals surface area contributed by atoms with E-state index in [9.17, 15) is 5.11 Å². The van der Waals surface area contributed by atoms with Gasteiger partial charge in [0.05, 0.1) is 5.60 Å². The molecular weight excluding hydrogens is 300 g/mol. The standard InChI is InChI=1S/C19H28N4O/c24-19(5-2-6-19)12-22-8-15-10-23(11-16(15)9-22)18-7-17(20-13-21-18)14-3-1-4-14/h7,13-16,24H,1-6,8-12H2. The topological polar surface area (TPSA) is 52.5 Å². The minimum atomic E-state index is -0.372. The summed E-state index contributed by atoms with van der Waals surface area (Å²) >= 11 is 0. The molecule has 4 fully saturated rings. The van der Waals surface area contributed by atoms with Crippen LogP contribution < -0.4 is 4.90 Å². The molecule has 0 spiro atoms. The van der Waals surface area contributed by atoms with Gasteiger partial charge in [-0.05, 0) is 43.9 Å². The van der Waals surface area contributed by atoms with Gasteiger partial charge in [-0.25, -0.2) is 9.97 Å². The molecule has 2 saturated carbocycles. The quantitative estimate of drug-likeness (QED) is 0.916. The molecule has 2 saturated heterocycles. The molecule has 1 N–H and O–H groups in total. The molecule has 1 aromatic heterocycles. The maximum absolute atomic E-state index is 10.4. The number of anilines is 1. The summed E-state index contributed by atoms with van der Waals surface area (Å²) in [5.74, 6) is 3.27. The van der Waals surface area contributed by atoms with Crippen LogP contribution in [-0.2, 0) is 0 Å². The van der Waals surface area contributed by atoms with Crippen LogP contribution >= 0.6 is 0 Å². The van der Waals surface area contributed by atoms with Gasteiger partial charge < -0.3 is 10.0 Å². The fraction of sp³-hybridized carbons (Fsp3) is 0.789. The Balaban J connectivity index is 1.22. The zero-order valence-corrected chi connectivity index (χ0v) is 14.4. The van der Waals surface area contributed by atoms with Crippen LogP contribution in [0.1, 0.15) is 50.1 Å². The van der Waals surface area contributed by atoms with Crippen molar-refractivity contribution < 1.29 is 5.11 Å². The molecular formula is C19H28N4O. The Bertz CT molecular complexity index is 599. The first-order chi connectivity index (χ1) is 11.7. The van der Waals surface area contributed by atoms with Crippen LogP contribution in [0.3, 0.4) is 0 Å². The average molecular weight is 328 g/mol. The molecule has 0 amide bonds. The number of aliphatic hydroxyl groups is 1. The highest BCUT2D eigenvalue weighted by molar-refractivity contribution is 5.42. The van der Waals surface area contributed by atoms with E-state index in [1.165, 1.54) is 31.4 Å². The highest BCUT2D eigenvalue weighted by Gasteiger charge is 2.44. The van der Waals surface area contributed by atoms with Gasteiger partial charge in [-0.1, -0.05) is 6.42 Å². The normalized spacial score (nSPS) is 32.5. The summed E-state index contributed by atoms with van der Waals surface area (Å²) in [6.07, 6.45) is 8.88. The molecule has 5 heteroatoms. The maximum atomic E-state index is 10.4. The van der Waals surface area contributed by atoms with Gasteiger partial charge in [0.2, 0.25) is 0 Å². The van der Waals surface area contributed by atoms with E-state index in [4.69, 9.17) is 0 Å². The third kappa shape index (κ3) is 2.62. The van der Waals surface area contributed by atoms with Crippen LogP contribution in [0.25, 0.3) is 0 Å². The van der Waals surface area contributed by atoms with Crippen molar-refractivity contribution >= 4 is 5.82 Å². The number of hydrogen-bond donors (Lipinski definition) is 1. The summed E-state index contributed by atoms with van der Waals surface area (Å²) in [6, 6.07) is 2.24. The van der Waals surface area contributed by atoms with Crippen molar-refractivity contribution in [3.8, 4) is 0 Å². The molecule has 2 aliphatic carbocycles. The summed E-state index contributed by atoms with van der Waals surface area (Å²) < 4.78 is 0. The minimum Gasteiger partial charge on any atom is -0.389 e. The third-order valence-electron chi connectivity index (χ3n) is 6.89. The lowest BCUT2D eigenvalue weighted by molar-refractivity contribution is -0.0557. The van der Waals surface area contributed by atoms with Gasteiger partial charge in [0, 0.05) is 50.4 Å². The van der Waals surface area contributed by atoms with E-state index in [0.717, 1.165) is 63.2 Å². The Labute approximate surface area is 144 Å². The number of aromatic nitrogens is 2. The average Bonchev–Trinajstić information content (AvgIpc) is 3.02. The summed E-state index contributed by atoms with van der Waals surface area (Å²) in [5.41, 5.74) is 0.875. The van der Waals surface area contributed by atoms with E-state index in [2.05, 4.69) is 25.8 Å². The summed E-state index contributed by atoms with van der Waals surface area (Å²) in [7, 11) is 0. The molecule has 1 aromatic rings. The van der Waals surface area contributed by atoms with Gasteiger partial charge in [0.25, 0.3) is 0 Å². The highest BCUT2D eigenvalue weighted by atomic mass is 16.3. The van der Waals surface area contributed by atoms with Crippen LogP contribution in [-0.4, -0.2) is 58.3 Å². The predicted molar refractivity (Wildman–Crippen MR) is 93.1 cm³/mol. The Kier molecular flexibility index (Phi) is 3.56. The molecule has 5 rings (SSSR count). The number of nitrogens with zero attached hydrogens (tertiary/aromatic N) is 4. The summed E-state index contributed by atoms with van der Waals surface area (Å²) in [5, 5.41) is 10.4. The van der Waals surface area contributed by atoms with Crippen molar-refractivity contribution in [2.75, 3.05) is 37.6 Å². The first-order valence-corrected chi connectivity index (χ1v) is 9.70. The number of fused-ring (bicyclic) bond motifs is 1. The number of likely N-dealkylation sites (tertiary alicyclic amines) is 1. The van der Waals surface area contributed by atoms with Crippen molar-refractivity contribution in [1.82, 2.24) is 14.9 Å². The summed E-state index contributed by atoms with van der Waals surface area (Å²) in [6.45, 7) is 5.40. The van der Waals surface area contributed by atoms with Gasteiger partial charge in [0.15, 0.2) is 0 Å². The first-order valence-electron chi connectivity index (χ1n) is 9.70. The van der Waals surface area contributed by atoms with Crippen LogP contribution in [0.5, 0.6) is 0 Å². The highest BCUT2D eigenvalue weighted by Crippen LogP contribution is 2.39. The Morgan fingerprint density at radius 2 is 1.79 bits per heavy atom. The van der Waals surface area contributed by atoms with Crippen LogP contribution in [0, 0.1) is 11.8 Å². The molecule has 24 heavy (non-hydrogen) atoms. The van der Waals surface area contributed by atoms with Gasteiger partial charge in [-0.3, -0.25) is 4.90 Å². The fourth-order valence-electron chi connectivity index (χ4n) is 5.03. The monoisotopic (exact) mass is 328 g/mol. The van der Waals surface area contributed by atoms with Gasteiger partial charge in [-0.15, -0.1) is 0 Å². The van der Waals surface area contributed by atoms with Crippen molar-refractivity contribution in [2.24, 2.45) is 11.8 Å². The van der Waals surface area contributed by atoms with E-state index < -0.39 is 0 Å². The largest absolute Gasteiger partial charge is 0.389 e. The van der Waals surface area contributed by atoms with Crippen molar-refractivity contribution in [3.05, 3.63) is 18.1 Å². The van der Waals surface area contributed by atoms with E-state index in [1.54, 1.807) is 6.33 Å². The first kappa shape index (κ1) is 15.1. The van der Waals surface area contributed by atoms with Gasteiger partial charge >= 0.3 is 0 Å². The molecule has 0 radical (unpaired) electrons. The Morgan fingerprint density at radius 1 is 1.04 bits per heavy atom. The van der Waals surface area contributed by atoms with Gasteiger partial charge in [0.1, 0.15) is 12.1 Å². The third-order valence-corrected chi connectivity index (χ3v) is 6.89. The molecule has 2 unspecified atom stereocenters. The minimum absolute atomic E-state index is 0.372. The van der Waals surface area contributed by atoms with Crippen molar-refractivity contribution in [3.63, 3.8) is 0 Å². The molecule has 5 nitrogen and oxygen atoms in total. The molecule has 0 bridgehead atoms. The predicted octanol–water partition coefficient (Wildman–Crippen LogP) is 2.03. The van der Waals surface area contributed by atoms with Crippen LogP contribution in [0.2, 0.25) is 0 Å². The van der Waals surface area contributed by atoms with Gasteiger partial charge in [-0.2, -0.15) is 0 Å². The van der Waals surface area contributed by atoms with E-state index in [-0.39, 0.29) is 5.60 Å². The molecule has 4 aliphatic rings. The zero-order chi connectivity index (χ0) is 16.1. The number of hydrogen-bond acceptors (Lipinski definition) is 5. The van der Waals surface area contributed by atoms with Crippen LogP contribution in [0.4, 0.5) is 5.82 Å². The van der Waals surface area contributed by atoms with E-state index >= 15 is 0 Å². The maximum Gasteiger partial charge on any atom is 0.132 e. The molecule has 2 atom stereocenters. The summed E-state index contributed by atoms with van der Waals surface area (Å²) in [4.78, 5) is 14.0. The molecule has 2 aliphatic heterocycles. The van der Waals surface area contributed by atoms with Crippen molar-refractivity contribution in [2.45, 2.75) is 50.0 Å². The second-order valence-electron chi connectivity index (χ2n) is 8.63. The Morgan fingerprint density at radius 3 is 2.38 bits per heavy atom. The van der Waals surface area contributed by atoms with E-state index in [0.29, 0.717) is 5.92 Å². The zero-order valence-electron chi connectivity index (χ0n) is 14.4. The van der Waals surface area contributed by atoms with E-state index in [1.807, 2.05) is 0 Å². The second-order valence-corrected chi connectivity index (χ2v) is 8.63. The molecule has 0 aromatic carbocycles. The SMILES string of the molecule is OC1(CN2CC3CN(c4cc(C5CCC5)ncn4)CC3C2)CCC1. The van der Waals surface area contributed by atoms with Crippen molar-refractivity contribution in [1.29, 1.82) is 0 Å². The smallest absolute Gasteiger partial charge is 0.132 e. The lowest BCUT2D eigenvalue weighted by Gasteiger charge is -2.40. The molecule has 3 heterocycles. The second kappa shape index (κ2) is 5.67. The molecule has 130 valence electrons.